The van der Waals surface area contributed by atoms with E-state index in [0.29, 0.717) is 104 Å². The number of para-hydroxylation sites is 6. The van der Waals surface area contributed by atoms with Crippen LogP contribution in [0.25, 0.3) is 22.1 Å². The summed E-state index contributed by atoms with van der Waals surface area (Å²) >= 11 is 9.57. The molecule has 0 unspecified atom stereocenters. The van der Waals surface area contributed by atoms with E-state index < -0.39 is 5.97 Å². The van der Waals surface area contributed by atoms with Crippen LogP contribution in [-0.2, 0) is 34.1 Å². The Morgan fingerprint density at radius 1 is 0.431 bits per heavy atom. The number of aromatic amines is 1. The molecule has 8 aromatic carbocycles. The molecule has 0 aliphatic carbocycles. The molecule has 23 heteroatoms. The number of phenols is 3. The summed E-state index contributed by atoms with van der Waals surface area (Å²) < 4.78 is 46.0. The molecular formula is C86H117Br3N6O14. The maximum Gasteiger partial charge on any atom is 0.341 e. The van der Waals surface area contributed by atoms with Crippen LogP contribution in [0.15, 0.2) is 194 Å². The number of esters is 1. The summed E-state index contributed by atoms with van der Waals surface area (Å²) in [5.41, 5.74) is 16.2. The highest BCUT2D eigenvalue weighted by molar-refractivity contribution is 9.09. The zero-order chi connectivity index (χ0) is 81.1. The van der Waals surface area contributed by atoms with Crippen LogP contribution in [0.1, 0.15) is 116 Å². The van der Waals surface area contributed by atoms with E-state index in [9.17, 15) is 9.59 Å². The molecule has 0 radical (unpaired) electrons. The van der Waals surface area contributed by atoms with E-state index in [4.69, 9.17) is 70.0 Å². The summed E-state index contributed by atoms with van der Waals surface area (Å²) in [5, 5.41) is 37.4. The lowest BCUT2D eigenvalue weighted by Gasteiger charge is -2.13. The number of aliphatic carboxylic acids is 1. The molecule has 0 fully saturated rings. The van der Waals surface area contributed by atoms with Crippen LogP contribution in [0, 0.1) is 41.4 Å². The Hall–Kier alpha value is -9.32. The average Bonchev–Trinajstić information content (AvgIpc) is 1.66. The van der Waals surface area contributed by atoms with Gasteiger partial charge >= 0.3 is 11.9 Å². The van der Waals surface area contributed by atoms with E-state index >= 15 is 0 Å². The van der Waals surface area contributed by atoms with Crippen LogP contribution in [0.3, 0.4) is 0 Å². The van der Waals surface area contributed by atoms with Crippen LogP contribution in [0.2, 0.25) is 0 Å². The minimum Gasteiger partial charge on any atom is -0.508 e. The number of ether oxygens (including phenoxy) is 8. The third-order valence-electron chi connectivity index (χ3n) is 13.3. The Labute approximate surface area is 671 Å². The van der Waals surface area contributed by atoms with Gasteiger partial charge in [-0.15, -0.1) is 0 Å². The van der Waals surface area contributed by atoms with Crippen molar-refractivity contribution in [2.75, 3.05) is 67.1 Å². The predicted molar refractivity (Wildman–Crippen MR) is 454 cm³/mol. The highest BCUT2D eigenvalue weighted by atomic mass is 79.9. The first-order valence-corrected chi connectivity index (χ1v) is 39.8. The van der Waals surface area contributed by atoms with E-state index in [1.807, 2.05) is 103 Å². The second-order valence-corrected chi connectivity index (χ2v) is 29.3. The third kappa shape index (κ3) is 45.9. The maximum atomic E-state index is 10.3. The van der Waals surface area contributed by atoms with Crippen LogP contribution in [0.4, 0.5) is 11.4 Å². The summed E-state index contributed by atoms with van der Waals surface area (Å²) in [6.45, 7) is 36.3. The lowest BCUT2D eigenvalue weighted by Crippen LogP contribution is -2.11. The van der Waals surface area contributed by atoms with Gasteiger partial charge in [0.1, 0.15) is 87.7 Å². The zero-order valence-electron chi connectivity index (χ0n) is 66.0. The molecule has 596 valence electrons. The van der Waals surface area contributed by atoms with Crippen molar-refractivity contribution in [2.45, 2.75) is 124 Å². The van der Waals surface area contributed by atoms with Gasteiger partial charge in [0.05, 0.1) is 66.5 Å². The summed E-state index contributed by atoms with van der Waals surface area (Å²) in [4.78, 5) is 33.0. The predicted octanol–water partition coefficient (Wildman–Crippen LogP) is 21.1. The van der Waals surface area contributed by atoms with E-state index in [2.05, 4.69) is 182 Å². The minimum absolute atomic E-state index is 0.0880. The number of carboxylic acids is 1. The summed E-state index contributed by atoms with van der Waals surface area (Å²) in [5.74, 6) is 10.3. The van der Waals surface area contributed by atoms with Gasteiger partial charge in [0.2, 0.25) is 0 Å². The van der Waals surface area contributed by atoms with Crippen molar-refractivity contribution in [3.63, 3.8) is 0 Å². The fourth-order valence-corrected chi connectivity index (χ4v) is 8.27. The molecule has 0 saturated heterocycles. The lowest BCUT2D eigenvalue weighted by molar-refractivity contribution is -0.140. The molecule has 9 N–H and O–H groups in total. The molecule has 0 bridgehead atoms. The number of alkyl halides is 3. The first kappa shape index (κ1) is 95.8. The van der Waals surface area contributed by atoms with Crippen molar-refractivity contribution in [1.82, 2.24) is 19.5 Å². The number of imidazole rings is 2. The maximum absolute atomic E-state index is 10.3. The standard InChI is InChI=1S/C22H28N2O2.C18H20N2O2.C12H16O4.C10H14O2.C6H8N2.C6H6O2.C4H7BrO2.2C4H9Br/c1-16(2)13-24-21-11-6-5-10-20(21)23-22(24)15-26-19-9-7-8-18(12-19)25-14-17(3)4;1-13(2)11-21-14-6-5-7-15(10-14)22-12-18-19-16-8-3-4-9-17(16)20-18;1-9(2)7-15-10-4-3-5-11(6-10)16-8-12(13)14;1-8(2)7-12-10-5-3-4-9(11)6-10;7-5-3-1-2-4-6(5)8;7-5-2-1-3-6(8)4-5;1-2-7-4(6)3-5;2*1-4(2)3-5/h5-12,16-17H,13-15H2,1-4H3;3-10,13H,11-12H2,1-2H3,(H,19,20);3-6,9H,7-8H2,1-2H3,(H,13,14);3-6,8,11H,7H2,1-2H3;1-4H,7-8H2;1-4,7-8H;2-3H2,1H3;2*4H,3H2,1-2H3. The van der Waals surface area contributed by atoms with Gasteiger partial charge in [-0.05, 0) is 145 Å². The number of benzene rings is 8. The van der Waals surface area contributed by atoms with Gasteiger partial charge in [-0.25, -0.2) is 14.8 Å². The largest absolute Gasteiger partial charge is 0.508 e. The van der Waals surface area contributed by atoms with Gasteiger partial charge in [-0.2, -0.15) is 0 Å². The number of hydrogen-bond donors (Lipinski definition) is 7. The van der Waals surface area contributed by atoms with Crippen molar-refractivity contribution < 1.29 is 67.9 Å². The van der Waals surface area contributed by atoms with Gasteiger partial charge in [0.25, 0.3) is 0 Å². The van der Waals surface area contributed by atoms with E-state index in [1.54, 1.807) is 61.5 Å². The quantitative estimate of drug-likeness (QED) is 0.0143. The van der Waals surface area contributed by atoms with Gasteiger partial charge in [-0.3, -0.25) is 4.79 Å². The number of carboxylic acid groups (broad SMARTS) is 1. The van der Waals surface area contributed by atoms with Crippen molar-refractivity contribution in [3.8, 4) is 57.5 Å². The molecule has 2 aromatic heterocycles. The summed E-state index contributed by atoms with van der Waals surface area (Å²) in [6, 6.07) is 58.6. The second-order valence-electron chi connectivity index (χ2n) is 27.4. The van der Waals surface area contributed by atoms with Crippen LogP contribution < -0.4 is 44.6 Å². The van der Waals surface area contributed by atoms with Crippen LogP contribution >= 0.6 is 47.8 Å². The average molecular weight is 1700 g/mol. The number of phenolic OH excluding ortho intramolecular Hbond substituents is 3. The summed E-state index contributed by atoms with van der Waals surface area (Å²) in [6.07, 6.45) is 0. The molecule has 109 heavy (non-hydrogen) atoms. The fraction of sp³-hybridized carbons (Fsp3) is 0.395. The topological polar surface area (TPSA) is 287 Å². The first-order chi connectivity index (χ1) is 51.9. The Balaban J connectivity index is 0.000000441. The normalized spacial score (nSPS) is 10.3. The number of hydrogen-bond acceptors (Lipinski definition) is 17. The minimum atomic E-state index is -0.992. The smallest absolute Gasteiger partial charge is 0.341 e. The van der Waals surface area contributed by atoms with Crippen LogP contribution in [-0.4, -0.2) is 108 Å². The molecule has 2 heterocycles. The number of H-pyrrole nitrogens is 1. The molecule has 0 aliphatic heterocycles. The number of rotatable bonds is 27. The van der Waals surface area contributed by atoms with Crippen molar-refractivity contribution in [3.05, 3.63) is 206 Å². The number of nitrogens with zero attached hydrogens (tertiary/aromatic N) is 3. The molecule has 20 nitrogen and oxygen atoms in total. The number of carbonyl (C=O) groups is 2. The second kappa shape index (κ2) is 56.0. The van der Waals surface area contributed by atoms with Crippen molar-refractivity contribution >= 4 is 93.2 Å². The molecular weight excluding hydrogens is 1580 g/mol. The highest BCUT2D eigenvalue weighted by Crippen LogP contribution is 2.26. The lowest BCUT2D eigenvalue weighted by atomic mass is 10.2. The van der Waals surface area contributed by atoms with Gasteiger partial charge in [0, 0.05) is 47.5 Å². The highest BCUT2D eigenvalue weighted by Gasteiger charge is 2.14. The molecule has 0 saturated carbocycles. The molecule has 10 rings (SSSR count). The molecule has 0 atom stereocenters. The number of carbonyl (C=O) groups excluding carboxylic acids is 1. The number of aromatic nitrogens is 4. The SMILES string of the molecule is CC(C)CBr.CC(C)CBr.CC(C)COc1cccc(O)c1.CC(C)COc1cccc(OCC(=O)O)c1.CC(C)COc1cccc(OCc2nc3ccccc3[nH]2)c1.CC(C)COc1cccc(OCc2nc3ccccc3n2CC(C)C)c1.CCOC(=O)CBr.Nc1ccccc1N.Oc1cccc(O)c1. The van der Waals surface area contributed by atoms with Crippen molar-refractivity contribution in [1.29, 1.82) is 0 Å². The third-order valence-corrected chi connectivity index (χ3v) is 16.3. The fourth-order valence-electron chi connectivity index (χ4n) is 8.11. The monoisotopic (exact) mass is 1690 g/mol. The zero-order valence-corrected chi connectivity index (χ0v) is 70.8. The number of nitrogens with one attached hydrogen (secondary N) is 1. The van der Waals surface area contributed by atoms with Crippen LogP contribution in [0.5, 0.6) is 57.5 Å². The molecule has 0 amide bonds. The van der Waals surface area contributed by atoms with Gasteiger partial charge in [0.15, 0.2) is 6.61 Å². The number of aromatic hydroxyl groups is 3. The number of halogens is 3. The number of fused-ring (bicyclic) bond motifs is 2. The molecule has 0 aliphatic rings. The molecule has 10 aromatic rings. The Bertz CT molecular complexity index is 3990. The van der Waals surface area contributed by atoms with Gasteiger partial charge < -0.3 is 79.3 Å². The van der Waals surface area contributed by atoms with Crippen molar-refractivity contribution in [2.24, 2.45) is 41.4 Å². The van der Waals surface area contributed by atoms with E-state index in [0.717, 1.165) is 91.5 Å². The summed E-state index contributed by atoms with van der Waals surface area (Å²) in [7, 11) is 0. The first-order valence-electron chi connectivity index (χ1n) is 36.4. The number of anilines is 2. The number of nitrogen functional groups attached to an aromatic ring is 2. The Morgan fingerprint density at radius 3 is 1.16 bits per heavy atom. The Kier molecular flexibility index (Phi) is 49.2. The van der Waals surface area contributed by atoms with E-state index in [1.165, 1.54) is 18.2 Å². The Morgan fingerprint density at radius 2 is 0.798 bits per heavy atom. The molecule has 0 spiro atoms. The number of nitrogens with two attached hydrogens (primary N) is 2. The van der Waals surface area contributed by atoms with E-state index in [-0.39, 0.29) is 29.8 Å². The van der Waals surface area contributed by atoms with Gasteiger partial charge in [-0.1, -0.05) is 211 Å².